The summed E-state index contributed by atoms with van der Waals surface area (Å²) in [5.41, 5.74) is 3.97. The number of hydrogen-bond donors (Lipinski definition) is 0. The van der Waals surface area contributed by atoms with Crippen LogP contribution in [0.15, 0.2) is 64.3 Å². The predicted molar refractivity (Wildman–Crippen MR) is 125 cm³/mol. The number of pyridine rings is 1. The van der Waals surface area contributed by atoms with Gasteiger partial charge in [-0.2, -0.15) is 0 Å². The second kappa shape index (κ2) is 9.40. The van der Waals surface area contributed by atoms with Gasteiger partial charge in [-0.3, -0.25) is 14.3 Å². The number of amides is 1. The van der Waals surface area contributed by atoms with Crippen LogP contribution in [0.25, 0.3) is 17.2 Å². The van der Waals surface area contributed by atoms with Crippen LogP contribution in [0.3, 0.4) is 0 Å². The van der Waals surface area contributed by atoms with Crippen molar-refractivity contribution in [3.05, 3.63) is 77.4 Å². The van der Waals surface area contributed by atoms with Gasteiger partial charge in [-0.15, -0.1) is 10.2 Å². The molecule has 3 heterocycles. The maximum Gasteiger partial charge on any atom is 0.233 e. The third-order valence-electron chi connectivity index (χ3n) is 5.06. The maximum absolute atomic E-state index is 12.8. The van der Waals surface area contributed by atoms with Gasteiger partial charge in [-0.05, 0) is 56.7 Å². The summed E-state index contributed by atoms with van der Waals surface area (Å²) in [6, 6.07) is 15.7. The average molecular weight is 448 g/mol. The highest BCUT2D eigenvalue weighted by Gasteiger charge is 2.20. The molecule has 0 radical (unpaired) electrons. The van der Waals surface area contributed by atoms with Crippen molar-refractivity contribution in [3.63, 3.8) is 0 Å². The first-order valence-electron chi connectivity index (χ1n) is 10.3. The van der Waals surface area contributed by atoms with E-state index in [0.29, 0.717) is 17.5 Å². The second-order valence-corrected chi connectivity index (χ2v) is 8.64. The third-order valence-corrected chi connectivity index (χ3v) is 5.97. The van der Waals surface area contributed by atoms with E-state index in [9.17, 15) is 4.79 Å². The van der Waals surface area contributed by atoms with Crippen LogP contribution < -0.4 is 0 Å². The minimum Gasteiger partial charge on any atom is -0.464 e. The third kappa shape index (κ3) is 4.75. The number of carbonyl (C=O) groups is 1. The molecule has 0 saturated carbocycles. The van der Waals surface area contributed by atoms with E-state index in [1.807, 2.05) is 41.8 Å². The van der Waals surface area contributed by atoms with Crippen molar-refractivity contribution in [1.82, 2.24) is 24.6 Å². The molecule has 0 spiro atoms. The highest BCUT2D eigenvalue weighted by Crippen LogP contribution is 2.29. The first kappa shape index (κ1) is 21.8. The van der Waals surface area contributed by atoms with Gasteiger partial charge in [0.1, 0.15) is 17.2 Å². The lowest BCUT2D eigenvalue weighted by Crippen LogP contribution is -2.27. The van der Waals surface area contributed by atoms with Gasteiger partial charge in [0.2, 0.25) is 5.91 Å². The number of rotatable bonds is 7. The topological polar surface area (TPSA) is 77.0 Å². The largest absolute Gasteiger partial charge is 0.464 e. The maximum atomic E-state index is 12.8. The lowest BCUT2D eigenvalue weighted by atomic mass is 10.1. The van der Waals surface area contributed by atoms with Crippen LogP contribution >= 0.6 is 11.8 Å². The molecule has 0 aliphatic heterocycles. The smallest absolute Gasteiger partial charge is 0.233 e. The van der Waals surface area contributed by atoms with Gasteiger partial charge in [0.15, 0.2) is 11.0 Å². The molecule has 32 heavy (non-hydrogen) atoms. The van der Waals surface area contributed by atoms with Crippen LogP contribution in [0.4, 0.5) is 0 Å². The number of nitrogens with zero attached hydrogens (tertiary/aromatic N) is 5. The van der Waals surface area contributed by atoms with Crippen molar-refractivity contribution < 1.29 is 9.21 Å². The van der Waals surface area contributed by atoms with Gasteiger partial charge in [0, 0.05) is 13.2 Å². The van der Waals surface area contributed by atoms with Gasteiger partial charge >= 0.3 is 0 Å². The van der Waals surface area contributed by atoms with Crippen molar-refractivity contribution in [2.45, 2.75) is 32.5 Å². The molecular formula is C24H25N5O2S. The Hall–Kier alpha value is -3.39. The molecule has 0 saturated heterocycles. The number of benzene rings is 1. The average Bonchev–Trinajstić information content (AvgIpc) is 3.38. The molecule has 0 fully saturated rings. The zero-order valence-corrected chi connectivity index (χ0v) is 19.4. The van der Waals surface area contributed by atoms with E-state index in [1.54, 1.807) is 18.1 Å². The normalized spacial score (nSPS) is 11.0. The first-order chi connectivity index (χ1) is 15.4. The minimum atomic E-state index is -0.0152. The summed E-state index contributed by atoms with van der Waals surface area (Å²) < 4.78 is 7.56. The number of aryl methyl sites for hydroxylation is 3. The lowest BCUT2D eigenvalue weighted by molar-refractivity contribution is -0.127. The van der Waals surface area contributed by atoms with Gasteiger partial charge in [-0.1, -0.05) is 35.5 Å². The fourth-order valence-electron chi connectivity index (χ4n) is 3.43. The van der Waals surface area contributed by atoms with Crippen molar-refractivity contribution in [2.24, 2.45) is 0 Å². The molecule has 3 aromatic heterocycles. The van der Waals surface area contributed by atoms with Crippen molar-refractivity contribution in [2.75, 3.05) is 12.8 Å². The summed E-state index contributed by atoms with van der Waals surface area (Å²) in [6.45, 7) is 6.44. The molecule has 0 bridgehead atoms. The quantitative estimate of drug-likeness (QED) is 0.386. The van der Waals surface area contributed by atoms with Crippen molar-refractivity contribution >= 4 is 17.7 Å². The van der Waals surface area contributed by atoms with Crippen molar-refractivity contribution in [3.8, 4) is 17.2 Å². The zero-order valence-electron chi connectivity index (χ0n) is 18.6. The van der Waals surface area contributed by atoms with Crippen LogP contribution in [0.5, 0.6) is 0 Å². The number of aromatic nitrogens is 4. The molecule has 4 rings (SSSR count). The Balaban J connectivity index is 1.59. The molecule has 1 aromatic carbocycles. The molecule has 7 nitrogen and oxygen atoms in total. The van der Waals surface area contributed by atoms with Crippen LogP contribution in [-0.4, -0.2) is 43.4 Å². The molecule has 0 atom stereocenters. The first-order valence-corrected chi connectivity index (χ1v) is 11.3. The lowest BCUT2D eigenvalue weighted by Gasteiger charge is -2.16. The SMILES string of the molecule is Cc1ccc(-n2c(SCC(=O)N(C)Cc3ccc(C)o3)nnc2-c2ccccn2)c(C)c1. The number of hydrogen-bond acceptors (Lipinski definition) is 6. The van der Waals surface area contributed by atoms with Crippen LogP contribution in [0, 0.1) is 20.8 Å². The predicted octanol–water partition coefficient (Wildman–Crippen LogP) is 4.60. The highest BCUT2D eigenvalue weighted by atomic mass is 32.2. The molecule has 164 valence electrons. The minimum absolute atomic E-state index is 0.0152. The van der Waals surface area contributed by atoms with E-state index in [4.69, 9.17) is 4.42 Å². The summed E-state index contributed by atoms with van der Waals surface area (Å²) in [4.78, 5) is 18.9. The highest BCUT2D eigenvalue weighted by molar-refractivity contribution is 7.99. The Bertz CT molecular complexity index is 1230. The van der Waals surface area contributed by atoms with Gasteiger partial charge in [-0.25, -0.2) is 0 Å². The van der Waals surface area contributed by atoms with Gasteiger partial charge < -0.3 is 9.32 Å². The zero-order chi connectivity index (χ0) is 22.7. The molecular weight excluding hydrogens is 422 g/mol. The summed E-state index contributed by atoms with van der Waals surface area (Å²) in [5, 5.41) is 9.45. The molecule has 4 aromatic rings. The van der Waals surface area contributed by atoms with Crippen LogP contribution in [0.1, 0.15) is 22.6 Å². The van der Waals surface area contributed by atoms with E-state index >= 15 is 0 Å². The summed E-state index contributed by atoms with van der Waals surface area (Å²) in [6.07, 6.45) is 1.73. The fraction of sp³-hybridized carbons (Fsp3) is 0.250. The monoisotopic (exact) mass is 447 g/mol. The molecule has 0 aliphatic rings. The Labute approximate surface area is 191 Å². The Morgan fingerprint density at radius 3 is 2.62 bits per heavy atom. The second-order valence-electron chi connectivity index (χ2n) is 7.70. The van der Waals surface area contributed by atoms with E-state index in [-0.39, 0.29) is 11.7 Å². The fourth-order valence-corrected chi connectivity index (χ4v) is 4.31. The van der Waals surface area contributed by atoms with E-state index in [2.05, 4.69) is 47.2 Å². The Kier molecular flexibility index (Phi) is 6.41. The molecule has 0 N–H and O–H groups in total. The number of carbonyl (C=O) groups excluding carboxylic acids is 1. The van der Waals surface area contributed by atoms with E-state index < -0.39 is 0 Å². The molecule has 8 heteroatoms. The molecule has 0 unspecified atom stereocenters. The van der Waals surface area contributed by atoms with Gasteiger partial charge in [0.25, 0.3) is 0 Å². The van der Waals surface area contributed by atoms with Crippen LogP contribution in [-0.2, 0) is 11.3 Å². The molecule has 0 aliphatic carbocycles. The summed E-state index contributed by atoms with van der Waals surface area (Å²) in [5.74, 6) is 2.46. The summed E-state index contributed by atoms with van der Waals surface area (Å²) >= 11 is 1.36. The molecule has 1 amide bonds. The van der Waals surface area contributed by atoms with E-state index in [0.717, 1.165) is 28.5 Å². The van der Waals surface area contributed by atoms with Crippen molar-refractivity contribution in [1.29, 1.82) is 0 Å². The Morgan fingerprint density at radius 2 is 1.94 bits per heavy atom. The number of thioether (sulfide) groups is 1. The number of furan rings is 1. The van der Waals surface area contributed by atoms with E-state index in [1.165, 1.54) is 17.3 Å². The van der Waals surface area contributed by atoms with Crippen LogP contribution in [0.2, 0.25) is 0 Å². The standard InChI is InChI=1S/C24H25N5O2S/c1-16-8-11-21(17(2)13-16)29-23(20-7-5-6-12-25-20)26-27-24(29)32-15-22(30)28(4)14-19-10-9-18(3)31-19/h5-13H,14-15H2,1-4H3. The Morgan fingerprint density at radius 1 is 1.09 bits per heavy atom. The summed E-state index contributed by atoms with van der Waals surface area (Å²) in [7, 11) is 1.77. The van der Waals surface area contributed by atoms with Gasteiger partial charge in [0.05, 0.1) is 18.0 Å².